The molecule has 0 bridgehead atoms. The summed E-state index contributed by atoms with van der Waals surface area (Å²) in [6, 6.07) is 0.278. The summed E-state index contributed by atoms with van der Waals surface area (Å²) in [6.45, 7) is 10.8. The van der Waals surface area contributed by atoms with E-state index in [1.165, 1.54) is 18.4 Å². The van der Waals surface area contributed by atoms with Gasteiger partial charge in [0, 0.05) is 22.7 Å². The molecule has 1 aliphatic rings. The van der Waals surface area contributed by atoms with Gasteiger partial charge in [0.2, 0.25) is 0 Å². The molecule has 1 aromatic heterocycles. The summed E-state index contributed by atoms with van der Waals surface area (Å²) in [5, 5.41) is 1.35. The molecule has 1 fully saturated rings. The first-order valence-corrected chi connectivity index (χ1v) is 8.50. The Balaban J connectivity index is 2.11. The minimum Gasteiger partial charge on any atom is -0.327 e. The highest BCUT2D eigenvalue weighted by Gasteiger charge is 2.31. The van der Waals surface area contributed by atoms with Gasteiger partial charge in [-0.25, -0.2) is 9.97 Å². The van der Waals surface area contributed by atoms with E-state index in [2.05, 4.69) is 44.6 Å². The smallest absolute Gasteiger partial charge is 0.188 e. The van der Waals surface area contributed by atoms with Crippen molar-refractivity contribution in [3.8, 4) is 0 Å². The van der Waals surface area contributed by atoms with Crippen LogP contribution in [0.2, 0.25) is 0 Å². The van der Waals surface area contributed by atoms with Crippen molar-refractivity contribution in [1.29, 1.82) is 0 Å². The van der Waals surface area contributed by atoms with Crippen LogP contribution in [-0.2, 0) is 0 Å². The van der Waals surface area contributed by atoms with Crippen molar-refractivity contribution in [1.82, 2.24) is 9.97 Å². The number of aryl methyl sites for hydroxylation is 2. The predicted octanol–water partition coefficient (Wildman–Crippen LogP) is 3.65. The molecule has 1 aromatic rings. The molecule has 2 N–H and O–H groups in total. The van der Waals surface area contributed by atoms with Crippen molar-refractivity contribution in [2.75, 3.05) is 0 Å². The van der Waals surface area contributed by atoms with Crippen molar-refractivity contribution >= 4 is 11.8 Å². The van der Waals surface area contributed by atoms with Crippen LogP contribution in [0.1, 0.15) is 50.1 Å². The number of hydrogen-bond acceptors (Lipinski definition) is 4. The van der Waals surface area contributed by atoms with Crippen molar-refractivity contribution in [2.24, 2.45) is 17.6 Å². The number of nitrogens with zero attached hydrogens (tertiary/aromatic N) is 2. The fourth-order valence-electron chi connectivity index (χ4n) is 2.85. The highest BCUT2D eigenvalue weighted by Crippen LogP contribution is 2.37. The summed E-state index contributed by atoms with van der Waals surface area (Å²) in [5.41, 5.74) is 9.69. The van der Waals surface area contributed by atoms with Crippen LogP contribution in [0.4, 0.5) is 0 Å². The van der Waals surface area contributed by atoms with E-state index in [9.17, 15) is 0 Å². The quantitative estimate of drug-likeness (QED) is 0.864. The Hall–Kier alpha value is -0.610. The zero-order chi connectivity index (χ0) is 14.9. The largest absolute Gasteiger partial charge is 0.327 e. The second kappa shape index (κ2) is 6.44. The van der Waals surface area contributed by atoms with Crippen LogP contribution in [0.5, 0.6) is 0 Å². The van der Waals surface area contributed by atoms with Crippen LogP contribution >= 0.6 is 11.8 Å². The van der Waals surface area contributed by atoms with Gasteiger partial charge in [-0.05, 0) is 57.4 Å². The zero-order valence-electron chi connectivity index (χ0n) is 13.3. The van der Waals surface area contributed by atoms with E-state index in [1.807, 2.05) is 0 Å². The molecule has 0 spiro atoms. The second-order valence-electron chi connectivity index (χ2n) is 6.44. The molecule has 3 unspecified atom stereocenters. The molecule has 3 nitrogen and oxygen atoms in total. The summed E-state index contributed by atoms with van der Waals surface area (Å²) in [6.07, 6.45) is 3.59. The molecule has 0 aliphatic heterocycles. The Bertz CT molecular complexity index is 450. The summed E-state index contributed by atoms with van der Waals surface area (Å²) >= 11 is 1.78. The van der Waals surface area contributed by atoms with Gasteiger partial charge in [-0.1, -0.05) is 25.6 Å². The highest BCUT2D eigenvalue weighted by molar-refractivity contribution is 7.99. The molecule has 3 atom stereocenters. The lowest BCUT2D eigenvalue weighted by Crippen LogP contribution is -2.39. The zero-order valence-corrected chi connectivity index (χ0v) is 14.1. The monoisotopic (exact) mass is 293 g/mol. The van der Waals surface area contributed by atoms with Crippen molar-refractivity contribution < 1.29 is 0 Å². The average molecular weight is 293 g/mol. The van der Waals surface area contributed by atoms with Crippen molar-refractivity contribution in [2.45, 2.75) is 70.3 Å². The van der Waals surface area contributed by atoms with Gasteiger partial charge in [0.1, 0.15) is 0 Å². The van der Waals surface area contributed by atoms with E-state index in [-0.39, 0.29) is 6.04 Å². The first-order chi connectivity index (χ1) is 9.38. The molecule has 0 radical (unpaired) electrons. The fourth-order valence-corrected chi connectivity index (χ4v) is 4.16. The number of thioether (sulfide) groups is 1. The first kappa shape index (κ1) is 15.8. The topological polar surface area (TPSA) is 51.8 Å². The summed E-state index contributed by atoms with van der Waals surface area (Å²) < 4.78 is 0. The van der Waals surface area contributed by atoms with E-state index in [0.29, 0.717) is 5.25 Å². The maximum absolute atomic E-state index is 6.32. The number of hydrogen-bond donors (Lipinski definition) is 1. The Morgan fingerprint density at radius 3 is 2.25 bits per heavy atom. The molecule has 2 rings (SSSR count). The summed E-state index contributed by atoms with van der Waals surface area (Å²) in [5.74, 6) is 1.54. The Morgan fingerprint density at radius 2 is 1.70 bits per heavy atom. The molecule has 0 saturated heterocycles. The maximum Gasteiger partial charge on any atom is 0.188 e. The van der Waals surface area contributed by atoms with Crippen LogP contribution in [0.3, 0.4) is 0 Å². The van der Waals surface area contributed by atoms with Gasteiger partial charge in [-0.15, -0.1) is 0 Å². The van der Waals surface area contributed by atoms with Gasteiger partial charge in [-0.3, -0.25) is 0 Å². The van der Waals surface area contributed by atoms with Crippen LogP contribution in [0.15, 0.2) is 5.16 Å². The fraction of sp³-hybridized carbons (Fsp3) is 0.750. The van der Waals surface area contributed by atoms with Gasteiger partial charge in [0.05, 0.1) is 0 Å². The van der Waals surface area contributed by atoms with E-state index in [1.54, 1.807) is 11.8 Å². The third kappa shape index (κ3) is 3.53. The number of aromatic nitrogens is 2. The third-order valence-corrected chi connectivity index (χ3v) is 5.93. The van der Waals surface area contributed by atoms with E-state index >= 15 is 0 Å². The Labute approximate surface area is 127 Å². The third-order valence-electron chi connectivity index (χ3n) is 4.70. The van der Waals surface area contributed by atoms with Crippen LogP contribution in [0, 0.1) is 32.6 Å². The molecule has 1 aliphatic carbocycles. The highest BCUT2D eigenvalue weighted by atomic mass is 32.2. The first-order valence-electron chi connectivity index (χ1n) is 7.62. The van der Waals surface area contributed by atoms with E-state index in [0.717, 1.165) is 34.8 Å². The molecule has 0 aromatic carbocycles. The lowest BCUT2D eigenvalue weighted by atomic mass is 9.79. The van der Waals surface area contributed by atoms with Crippen LogP contribution in [0.25, 0.3) is 0 Å². The maximum atomic E-state index is 6.32. The van der Waals surface area contributed by atoms with Gasteiger partial charge in [0.15, 0.2) is 5.16 Å². The van der Waals surface area contributed by atoms with Gasteiger partial charge in [-0.2, -0.15) is 0 Å². The molecule has 112 valence electrons. The minimum atomic E-state index is 0.278. The molecular formula is C16H27N3S. The molecule has 4 heteroatoms. The summed E-state index contributed by atoms with van der Waals surface area (Å²) in [4.78, 5) is 9.26. The SMILES string of the molecule is Cc1nc(SC2CC(C(C)C)CCC2N)nc(C)c1C. The van der Waals surface area contributed by atoms with Crippen molar-refractivity contribution in [3.05, 3.63) is 17.0 Å². The number of rotatable bonds is 3. The Morgan fingerprint density at radius 1 is 1.10 bits per heavy atom. The molecular weight excluding hydrogens is 266 g/mol. The van der Waals surface area contributed by atoms with E-state index < -0.39 is 0 Å². The van der Waals surface area contributed by atoms with Gasteiger partial charge >= 0.3 is 0 Å². The lowest BCUT2D eigenvalue weighted by Gasteiger charge is -2.35. The van der Waals surface area contributed by atoms with Crippen molar-refractivity contribution in [3.63, 3.8) is 0 Å². The van der Waals surface area contributed by atoms with Crippen LogP contribution < -0.4 is 5.73 Å². The predicted molar refractivity (Wildman–Crippen MR) is 86.0 cm³/mol. The van der Waals surface area contributed by atoms with Gasteiger partial charge in [0.25, 0.3) is 0 Å². The average Bonchev–Trinajstić information content (AvgIpc) is 2.38. The second-order valence-corrected chi connectivity index (χ2v) is 7.65. The lowest BCUT2D eigenvalue weighted by molar-refractivity contribution is 0.266. The van der Waals surface area contributed by atoms with E-state index in [4.69, 9.17) is 5.73 Å². The molecule has 1 saturated carbocycles. The van der Waals surface area contributed by atoms with Crippen LogP contribution in [-0.4, -0.2) is 21.3 Å². The molecule has 1 heterocycles. The standard InChI is InChI=1S/C16H27N3S/c1-9(2)13-6-7-14(17)15(8-13)20-16-18-11(4)10(3)12(5)19-16/h9,13-15H,6-8,17H2,1-5H3. The number of nitrogens with two attached hydrogens (primary N) is 1. The molecule has 20 heavy (non-hydrogen) atoms. The van der Waals surface area contributed by atoms with Gasteiger partial charge < -0.3 is 5.73 Å². The minimum absolute atomic E-state index is 0.278. The normalized spacial score (nSPS) is 27.1. The molecule has 0 amide bonds. The summed E-state index contributed by atoms with van der Waals surface area (Å²) in [7, 11) is 0. The Kier molecular flexibility index (Phi) is 5.08.